The minimum Gasteiger partial charge on any atom is -0.338 e. The number of halogens is 1. The predicted molar refractivity (Wildman–Crippen MR) is 118 cm³/mol. The van der Waals surface area contributed by atoms with Crippen LogP contribution in [0.2, 0.25) is 5.15 Å². The summed E-state index contributed by atoms with van der Waals surface area (Å²) in [5.74, 6) is 0.389. The Morgan fingerprint density at radius 3 is 3.17 bits per heavy atom. The van der Waals surface area contributed by atoms with E-state index in [1.54, 1.807) is 18.0 Å². The third-order valence-corrected chi connectivity index (χ3v) is 6.33. The van der Waals surface area contributed by atoms with E-state index in [2.05, 4.69) is 39.1 Å². The Labute approximate surface area is 183 Å². The number of aryl methyl sites for hydroxylation is 1. The summed E-state index contributed by atoms with van der Waals surface area (Å²) in [5, 5.41) is 16.6. The average Bonchev–Trinajstić information content (AvgIpc) is 3.34. The molecular weight excluding hydrogens is 424 g/mol. The highest BCUT2D eigenvalue weighted by atomic mass is 35.5. The van der Waals surface area contributed by atoms with Gasteiger partial charge in [-0.1, -0.05) is 25.1 Å². The topological polar surface area (TPSA) is 105 Å². The van der Waals surface area contributed by atoms with Crippen LogP contribution in [0.3, 0.4) is 0 Å². The molecule has 1 fully saturated rings. The number of amides is 1. The van der Waals surface area contributed by atoms with Gasteiger partial charge in [-0.05, 0) is 25.3 Å². The second-order valence-electron chi connectivity index (χ2n) is 7.08. The highest BCUT2D eigenvalue weighted by Gasteiger charge is 2.25. The van der Waals surface area contributed by atoms with E-state index < -0.39 is 0 Å². The normalized spacial score (nSPS) is 16.7. The third-order valence-electron chi connectivity index (χ3n) is 4.82. The van der Waals surface area contributed by atoms with E-state index in [0.717, 1.165) is 43.1 Å². The molecular formula is C19H23ClN8OS. The lowest BCUT2D eigenvalue weighted by Gasteiger charge is -2.31. The number of H-pyrrole nitrogens is 1. The standard InChI is InChI=1S/C19H23ClN8OS/c1-3-7-28-10-12(9-21-28)22-19-23-17-15(16(20)25-26-17)18(24-19)30-13-6-5-8-27(11-13)14(29)4-2/h4,9-10,13H,2-3,5-8,11H2,1H3,(H2,22,23,24,25,26). The molecule has 3 aromatic rings. The number of fused-ring (bicyclic) bond motifs is 1. The number of piperidine rings is 1. The lowest BCUT2D eigenvalue weighted by molar-refractivity contribution is -0.126. The molecule has 2 N–H and O–H groups in total. The number of nitrogens with zero attached hydrogens (tertiary/aromatic N) is 6. The molecule has 0 aromatic carbocycles. The Hall–Kier alpha value is -2.59. The quantitative estimate of drug-likeness (QED) is 0.421. The van der Waals surface area contributed by atoms with E-state index >= 15 is 0 Å². The third kappa shape index (κ3) is 4.44. The summed E-state index contributed by atoms with van der Waals surface area (Å²) in [6, 6.07) is 0. The molecule has 4 heterocycles. The van der Waals surface area contributed by atoms with Crippen LogP contribution in [-0.4, -0.2) is 59.1 Å². The Morgan fingerprint density at radius 2 is 2.37 bits per heavy atom. The molecule has 0 aliphatic carbocycles. The lowest BCUT2D eigenvalue weighted by Crippen LogP contribution is -2.40. The monoisotopic (exact) mass is 446 g/mol. The number of nitrogens with one attached hydrogen (secondary N) is 2. The SMILES string of the molecule is C=CC(=O)N1CCCC(Sc2nc(Nc3cnn(CCC)c3)nc3n[nH]c(Cl)c23)C1. The second kappa shape index (κ2) is 9.05. The summed E-state index contributed by atoms with van der Waals surface area (Å²) >= 11 is 7.92. The summed E-state index contributed by atoms with van der Waals surface area (Å²) in [6.45, 7) is 7.93. The van der Waals surface area contributed by atoms with Crippen molar-refractivity contribution in [2.45, 2.75) is 43.0 Å². The fraction of sp³-hybridized carbons (Fsp3) is 0.421. The Morgan fingerprint density at radius 1 is 1.50 bits per heavy atom. The Kier molecular flexibility index (Phi) is 6.24. The Balaban J connectivity index is 1.59. The van der Waals surface area contributed by atoms with Crippen molar-refractivity contribution >= 4 is 51.9 Å². The number of carbonyl (C=O) groups excluding carboxylic acids is 1. The van der Waals surface area contributed by atoms with Crippen LogP contribution in [0.4, 0.5) is 11.6 Å². The van der Waals surface area contributed by atoms with E-state index in [9.17, 15) is 4.79 Å². The van der Waals surface area contributed by atoms with Crippen molar-refractivity contribution < 1.29 is 4.79 Å². The zero-order valence-corrected chi connectivity index (χ0v) is 18.2. The van der Waals surface area contributed by atoms with Gasteiger partial charge in [0.15, 0.2) is 5.65 Å². The van der Waals surface area contributed by atoms with Crippen molar-refractivity contribution in [1.82, 2.24) is 34.8 Å². The second-order valence-corrected chi connectivity index (χ2v) is 8.74. The van der Waals surface area contributed by atoms with E-state index in [1.165, 1.54) is 6.08 Å². The first-order valence-corrected chi connectivity index (χ1v) is 11.1. The summed E-state index contributed by atoms with van der Waals surface area (Å²) in [6.07, 6.45) is 7.95. The number of thioether (sulfide) groups is 1. The minimum absolute atomic E-state index is 0.0408. The molecule has 1 atom stereocenters. The molecule has 1 unspecified atom stereocenters. The van der Waals surface area contributed by atoms with E-state index in [0.29, 0.717) is 28.7 Å². The molecule has 1 aliphatic heterocycles. The van der Waals surface area contributed by atoms with Crippen LogP contribution in [0.5, 0.6) is 0 Å². The van der Waals surface area contributed by atoms with E-state index in [-0.39, 0.29) is 11.2 Å². The molecule has 1 aliphatic rings. The van der Waals surface area contributed by atoms with Crippen LogP contribution in [0.15, 0.2) is 30.1 Å². The van der Waals surface area contributed by atoms with Crippen molar-refractivity contribution in [1.29, 1.82) is 0 Å². The molecule has 0 saturated carbocycles. The van der Waals surface area contributed by atoms with E-state index in [4.69, 9.17) is 16.6 Å². The van der Waals surface area contributed by atoms with Gasteiger partial charge in [-0.2, -0.15) is 15.2 Å². The lowest BCUT2D eigenvalue weighted by atomic mass is 10.1. The zero-order valence-electron chi connectivity index (χ0n) is 16.6. The van der Waals surface area contributed by atoms with Crippen LogP contribution in [0, 0.1) is 0 Å². The number of aromatic amines is 1. The van der Waals surface area contributed by atoms with Crippen LogP contribution >= 0.6 is 23.4 Å². The van der Waals surface area contributed by atoms with Crippen LogP contribution in [0.1, 0.15) is 26.2 Å². The molecule has 4 rings (SSSR count). The summed E-state index contributed by atoms with van der Waals surface area (Å²) in [4.78, 5) is 23.0. The molecule has 9 nitrogen and oxygen atoms in total. The van der Waals surface area contributed by atoms with Gasteiger partial charge in [0.1, 0.15) is 10.2 Å². The van der Waals surface area contributed by atoms with Gasteiger partial charge in [-0.25, -0.2) is 4.98 Å². The van der Waals surface area contributed by atoms with E-state index in [1.807, 2.05) is 15.8 Å². The van der Waals surface area contributed by atoms with Gasteiger partial charge >= 0.3 is 0 Å². The molecule has 0 spiro atoms. The highest BCUT2D eigenvalue weighted by Crippen LogP contribution is 2.36. The van der Waals surface area contributed by atoms with Gasteiger partial charge in [0.2, 0.25) is 11.9 Å². The molecule has 1 saturated heterocycles. The van der Waals surface area contributed by atoms with Gasteiger partial charge in [0.25, 0.3) is 0 Å². The van der Waals surface area contributed by atoms with Crippen molar-refractivity contribution in [3.63, 3.8) is 0 Å². The molecule has 3 aromatic heterocycles. The summed E-state index contributed by atoms with van der Waals surface area (Å²) in [5.41, 5.74) is 1.30. The number of likely N-dealkylation sites (tertiary alicyclic amines) is 1. The first-order valence-electron chi connectivity index (χ1n) is 9.86. The summed E-state index contributed by atoms with van der Waals surface area (Å²) in [7, 11) is 0. The molecule has 1 amide bonds. The average molecular weight is 447 g/mol. The van der Waals surface area contributed by atoms with Crippen molar-refractivity contribution in [2.75, 3.05) is 18.4 Å². The van der Waals surface area contributed by atoms with Crippen LogP contribution in [-0.2, 0) is 11.3 Å². The minimum atomic E-state index is -0.0408. The first kappa shape index (κ1) is 20.7. The largest absolute Gasteiger partial charge is 0.338 e. The number of rotatable bonds is 7. The van der Waals surface area contributed by atoms with Gasteiger partial charge in [-0.3, -0.25) is 14.6 Å². The molecule has 0 bridgehead atoms. The number of hydrogen-bond acceptors (Lipinski definition) is 7. The number of carbonyl (C=O) groups is 1. The smallest absolute Gasteiger partial charge is 0.245 e. The maximum Gasteiger partial charge on any atom is 0.245 e. The number of hydrogen-bond donors (Lipinski definition) is 2. The van der Waals surface area contributed by atoms with Crippen LogP contribution < -0.4 is 5.32 Å². The van der Waals surface area contributed by atoms with Gasteiger partial charge < -0.3 is 10.2 Å². The fourth-order valence-corrected chi connectivity index (χ4v) is 5.01. The molecule has 11 heteroatoms. The molecule has 158 valence electrons. The van der Waals surface area contributed by atoms with Gasteiger partial charge in [-0.15, -0.1) is 11.8 Å². The molecule has 0 radical (unpaired) electrons. The number of aromatic nitrogens is 6. The first-order chi connectivity index (χ1) is 14.6. The molecule has 30 heavy (non-hydrogen) atoms. The van der Waals surface area contributed by atoms with Crippen molar-refractivity contribution in [3.05, 3.63) is 30.2 Å². The van der Waals surface area contributed by atoms with Crippen molar-refractivity contribution in [3.8, 4) is 0 Å². The van der Waals surface area contributed by atoms with Crippen LogP contribution in [0.25, 0.3) is 11.0 Å². The highest BCUT2D eigenvalue weighted by molar-refractivity contribution is 8.00. The zero-order chi connectivity index (χ0) is 21.1. The van der Waals surface area contributed by atoms with Crippen molar-refractivity contribution in [2.24, 2.45) is 0 Å². The fourth-order valence-electron chi connectivity index (χ4n) is 3.43. The number of anilines is 2. The van der Waals surface area contributed by atoms with Gasteiger partial charge in [0, 0.05) is 31.1 Å². The van der Waals surface area contributed by atoms with Gasteiger partial charge in [0.05, 0.1) is 17.3 Å². The maximum absolute atomic E-state index is 12.0. The maximum atomic E-state index is 12.0. The Bertz CT molecular complexity index is 1060. The summed E-state index contributed by atoms with van der Waals surface area (Å²) < 4.78 is 1.87. The predicted octanol–water partition coefficient (Wildman–Crippen LogP) is 3.63.